The molecular formula is C20H16ClF3N8S. The topological polar surface area (TPSA) is 107 Å². The number of hydrogen-bond acceptors (Lipinski definition) is 7. The Hall–Kier alpha value is -3.22. The van der Waals surface area contributed by atoms with Gasteiger partial charge >= 0.3 is 6.18 Å². The van der Waals surface area contributed by atoms with Crippen LogP contribution in [-0.4, -0.2) is 34.7 Å². The van der Waals surface area contributed by atoms with E-state index in [0.29, 0.717) is 23.0 Å². The first-order valence-corrected chi connectivity index (χ1v) is 10.3. The molecule has 0 saturated heterocycles. The lowest BCUT2D eigenvalue weighted by Crippen LogP contribution is -2.23. The van der Waals surface area contributed by atoms with Gasteiger partial charge in [-0.15, -0.1) is 0 Å². The number of nitrogens with two attached hydrogens (primary N) is 1. The predicted octanol–water partition coefficient (Wildman–Crippen LogP) is 3.76. The summed E-state index contributed by atoms with van der Waals surface area (Å²) in [6.45, 7) is 1.96. The maximum absolute atomic E-state index is 13.4. The van der Waals surface area contributed by atoms with Crippen molar-refractivity contribution in [3.63, 3.8) is 0 Å². The minimum Gasteiger partial charge on any atom is -0.388 e. The second-order valence-corrected chi connectivity index (χ2v) is 7.92. The van der Waals surface area contributed by atoms with Crippen LogP contribution in [0.3, 0.4) is 0 Å². The van der Waals surface area contributed by atoms with Gasteiger partial charge in [0.05, 0.1) is 28.5 Å². The zero-order valence-corrected chi connectivity index (χ0v) is 18.6. The summed E-state index contributed by atoms with van der Waals surface area (Å²) >= 11 is 10.9. The average molecular weight is 493 g/mol. The average Bonchev–Trinajstić information content (AvgIpc) is 3.26. The SMILES string of the molecule is C[C@H](NCc1ncnc2c(C(F)(F)F)cc(Cl)cc12)c1ncnn1-c1cccc(C(N)=S)n1. The highest BCUT2D eigenvalue weighted by Gasteiger charge is 2.34. The number of nitrogens with zero attached hydrogens (tertiary/aromatic N) is 6. The minimum atomic E-state index is -4.60. The zero-order chi connectivity index (χ0) is 23.8. The summed E-state index contributed by atoms with van der Waals surface area (Å²) in [6.07, 6.45) is -2.13. The second-order valence-electron chi connectivity index (χ2n) is 7.05. The van der Waals surface area contributed by atoms with Crippen LogP contribution in [0.5, 0.6) is 0 Å². The highest BCUT2D eigenvalue weighted by Crippen LogP contribution is 2.36. The standard InChI is InChI=1S/C20H16ClF3N8S/c1-10(19-29-9-30-32(19)16-4-2-3-14(31-16)18(25)33)26-7-15-12-5-11(21)6-13(20(22,23)24)17(12)28-8-27-15/h2-6,8-10,26H,7H2,1H3,(H2,25,33)/t10-/m0/s1. The Morgan fingerprint density at radius 2 is 2.00 bits per heavy atom. The van der Waals surface area contributed by atoms with Gasteiger partial charge in [-0.05, 0) is 31.2 Å². The van der Waals surface area contributed by atoms with Crippen LogP contribution in [0, 0.1) is 0 Å². The van der Waals surface area contributed by atoms with E-state index < -0.39 is 11.7 Å². The molecule has 4 rings (SSSR count). The molecule has 13 heteroatoms. The molecule has 0 spiro atoms. The largest absolute Gasteiger partial charge is 0.418 e. The van der Waals surface area contributed by atoms with Crippen molar-refractivity contribution in [2.24, 2.45) is 5.73 Å². The maximum atomic E-state index is 13.4. The van der Waals surface area contributed by atoms with E-state index >= 15 is 0 Å². The molecule has 0 unspecified atom stereocenters. The summed E-state index contributed by atoms with van der Waals surface area (Å²) in [5.74, 6) is 0.991. The van der Waals surface area contributed by atoms with Crippen molar-refractivity contribution in [1.29, 1.82) is 0 Å². The van der Waals surface area contributed by atoms with Crippen molar-refractivity contribution >= 4 is 39.7 Å². The minimum absolute atomic E-state index is 0.0533. The molecule has 0 fully saturated rings. The molecule has 3 heterocycles. The van der Waals surface area contributed by atoms with E-state index in [0.717, 1.165) is 12.4 Å². The van der Waals surface area contributed by atoms with Gasteiger partial charge in [0.2, 0.25) is 0 Å². The molecule has 4 aromatic rings. The summed E-state index contributed by atoms with van der Waals surface area (Å²) in [5, 5.41) is 7.58. The van der Waals surface area contributed by atoms with Crippen molar-refractivity contribution < 1.29 is 13.2 Å². The number of fused-ring (bicyclic) bond motifs is 1. The number of rotatable bonds is 6. The summed E-state index contributed by atoms with van der Waals surface area (Å²) < 4.78 is 41.8. The highest BCUT2D eigenvalue weighted by molar-refractivity contribution is 7.80. The van der Waals surface area contributed by atoms with Gasteiger partial charge in [0.1, 0.15) is 17.6 Å². The molecule has 0 aliphatic carbocycles. The molecule has 3 aromatic heterocycles. The molecule has 33 heavy (non-hydrogen) atoms. The maximum Gasteiger partial charge on any atom is 0.418 e. The number of nitrogens with one attached hydrogen (secondary N) is 1. The fourth-order valence-electron chi connectivity index (χ4n) is 3.28. The lowest BCUT2D eigenvalue weighted by atomic mass is 10.1. The van der Waals surface area contributed by atoms with Crippen LogP contribution in [0.4, 0.5) is 13.2 Å². The van der Waals surface area contributed by atoms with E-state index in [4.69, 9.17) is 29.6 Å². The van der Waals surface area contributed by atoms with Crippen LogP contribution in [0.2, 0.25) is 5.02 Å². The van der Waals surface area contributed by atoms with Gasteiger partial charge < -0.3 is 11.1 Å². The van der Waals surface area contributed by atoms with E-state index in [-0.39, 0.29) is 33.5 Å². The third-order valence-electron chi connectivity index (χ3n) is 4.83. The van der Waals surface area contributed by atoms with Crippen molar-refractivity contribution in [3.8, 4) is 5.82 Å². The van der Waals surface area contributed by atoms with E-state index in [9.17, 15) is 13.2 Å². The first kappa shape index (κ1) is 23.0. The van der Waals surface area contributed by atoms with Crippen molar-refractivity contribution in [2.75, 3.05) is 0 Å². The Bertz CT molecular complexity index is 1340. The van der Waals surface area contributed by atoms with Crippen LogP contribution in [0.25, 0.3) is 16.7 Å². The molecule has 0 bridgehead atoms. The van der Waals surface area contributed by atoms with Crippen LogP contribution >= 0.6 is 23.8 Å². The molecule has 1 atom stereocenters. The first-order valence-electron chi connectivity index (χ1n) is 9.56. The number of alkyl halides is 3. The van der Waals surface area contributed by atoms with Gasteiger partial charge in [-0.2, -0.15) is 23.0 Å². The van der Waals surface area contributed by atoms with Gasteiger partial charge in [0.15, 0.2) is 11.6 Å². The molecule has 8 nitrogen and oxygen atoms in total. The fourth-order valence-corrected chi connectivity index (χ4v) is 3.61. The number of benzene rings is 1. The van der Waals surface area contributed by atoms with Gasteiger partial charge in [0.25, 0.3) is 0 Å². The predicted molar refractivity (Wildman–Crippen MR) is 120 cm³/mol. The Kier molecular flexibility index (Phi) is 6.23. The van der Waals surface area contributed by atoms with E-state index in [1.807, 2.05) is 6.92 Å². The van der Waals surface area contributed by atoms with Crippen molar-refractivity contribution in [1.82, 2.24) is 35.0 Å². The number of aromatic nitrogens is 6. The van der Waals surface area contributed by atoms with E-state index in [1.165, 1.54) is 17.1 Å². The number of halogens is 4. The summed E-state index contributed by atoms with van der Waals surface area (Å²) in [6, 6.07) is 7.06. The molecule has 0 saturated carbocycles. The lowest BCUT2D eigenvalue weighted by Gasteiger charge is -2.16. The zero-order valence-electron chi connectivity index (χ0n) is 17.0. The van der Waals surface area contributed by atoms with Gasteiger partial charge in [-0.1, -0.05) is 29.9 Å². The molecule has 170 valence electrons. The molecule has 0 amide bonds. The van der Waals surface area contributed by atoms with Gasteiger partial charge in [-0.3, -0.25) is 0 Å². The summed E-state index contributed by atoms with van der Waals surface area (Å²) in [4.78, 5) is 16.8. The Morgan fingerprint density at radius 1 is 1.21 bits per heavy atom. The van der Waals surface area contributed by atoms with Gasteiger partial charge in [-0.25, -0.2) is 19.9 Å². The monoisotopic (exact) mass is 492 g/mol. The molecule has 0 aliphatic rings. The third-order valence-corrected chi connectivity index (χ3v) is 5.26. The first-order chi connectivity index (χ1) is 15.6. The quantitative estimate of drug-likeness (QED) is 0.392. The Morgan fingerprint density at radius 3 is 2.73 bits per heavy atom. The lowest BCUT2D eigenvalue weighted by molar-refractivity contribution is -0.136. The molecule has 0 radical (unpaired) electrons. The Labute approximate surface area is 196 Å². The highest BCUT2D eigenvalue weighted by atomic mass is 35.5. The normalized spacial score (nSPS) is 12.8. The molecular weight excluding hydrogens is 477 g/mol. The fraction of sp³-hybridized carbons (Fsp3) is 0.200. The smallest absolute Gasteiger partial charge is 0.388 e. The number of pyridine rings is 1. The Balaban J connectivity index is 1.62. The van der Waals surface area contributed by atoms with Crippen LogP contribution in [0.15, 0.2) is 43.0 Å². The number of thiocarbonyl (C=S) groups is 1. The van der Waals surface area contributed by atoms with Crippen LogP contribution in [0.1, 0.15) is 35.7 Å². The molecule has 3 N–H and O–H groups in total. The van der Waals surface area contributed by atoms with E-state index in [2.05, 4.69) is 30.4 Å². The van der Waals surface area contributed by atoms with Crippen LogP contribution < -0.4 is 11.1 Å². The third kappa shape index (κ3) is 4.77. The van der Waals surface area contributed by atoms with Gasteiger partial charge in [0, 0.05) is 17.0 Å². The van der Waals surface area contributed by atoms with Crippen LogP contribution in [-0.2, 0) is 12.7 Å². The summed E-state index contributed by atoms with van der Waals surface area (Å²) in [7, 11) is 0. The molecule has 1 aromatic carbocycles. The number of hydrogen-bond donors (Lipinski definition) is 2. The molecule has 0 aliphatic heterocycles. The second kappa shape index (κ2) is 8.96. The van der Waals surface area contributed by atoms with Crippen molar-refractivity contribution in [3.05, 3.63) is 70.8 Å². The summed E-state index contributed by atoms with van der Waals surface area (Å²) in [5.41, 5.74) is 5.33. The van der Waals surface area contributed by atoms with Crippen molar-refractivity contribution in [2.45, 2.75) is 25.7 Å². The van der Waals surface area contributed by atoms with E-state index in [1.54, 1.807) is 18.2 Å².